The minimum atomic E-state index is 0.857. The fraction of sp³-hybridized carbons (Fsp3) is 0.273. The Hall–Kier alpha value is -2.48. The molecule has 0 saturated heterocycles. The SMILES string of the molecule is CCCCC1=C(c2cc(C)cc(C)c2)[N+](=[N-])C(c2ccccc2)=C1. The van der Waals surface area contributed by atoms with Gasteiger partial charge in [-0.2, -0.15) is 0 Å². The third-order valence-electron chi connectivity index (χ3n) is 4.42. The second kappa shape index (κ2) is 6.96. The summed E-state index contributed by atoms with van der Waals surface area (Å²) >= 11 is 0. The molecule has 0 fully saturated rings. The quantitative estimate of drug-likeness (QED) is 0.579. The van der Waals surface area contributed by atoms with Gasteiger partial charge in [-0.25, -0.2) is 4.70 Å². The predicted octanol–water partition coefficient (Wildman–Crippen LogP) is 6.29. The van der Waals surface area contributed by atoms with Crippen LogP contribution in [-0.4, -0.2) is 4.70 Å². The van der Waals surface area contributed by atoms with Crippen LogP contribution in [0.2, 0.25) is 0 Å². The first-order chi connectivity index (χ1) is 11.6. The summed E-state index contributed by atoms with van der Waals surface area (Å²) in [4.78, 5) is 0. The normalized spacial score (nSPS) is 14.3. The van der Waals surface area contributed by atoms with Crippen LogP contribution in [0.15, 0.2) is 60.2 Å². The van der Waals surface area contributed by atoms with Crippen LogP contribution in [0.1, 0.15) is 48.4 Å². The molecule has 0 unspecified atom stereocenters. The highest BCUT2D eigenvalue weighted by molar-refractivity contribution is 5.78. The fourth-order valence-electron chi connectivity index (χ4n) is 3.34. The van der Waals surface area contributed by atoms with Crippen molar-refractivity contribution in [3.05, 3.63) is 88.0 Å². The van der Waals surface area contributed by atoms with E-state index in [2.05, 4.69) is 45.0 Å². The van der Waals surface area contributed by atoms with Crippen LogP contribution in [-0.2, 0) is 0 Å². The Morgan fingerprint density at radius 1 is 0.917 bits per heavy atom. The monoisotopic (exact) mass is 316 g/mol. The summed E-state index contributed by atoms with van der Waals surface area (Å²) in [5.41, 5.74) is 18.5. The maximum absolute atomic E-state index is 10.9. The lowest BCUT2D eigenvalue weighted by Crippen LogP contribution is -2.02. The highest BCUT2D eigenvalue weighted by Gasteiger charge is 2.28. The van der Waals surface area contributed by atoms with Crippen molar-refractivity contribution in [1.82, 2.24) is 0 Å². The minimum absolute atomic E-state index is 0.857. The average Bonchev–Trinajstić information content (AvgIpc) is 2.89. The molecule has 0 spiro atoms. The van der Waals surface area contributed by atoms with Gasteiger partial charge >= 0.3 is 0 Å². The van der Waals surface area contributed by atoms with Crippen LogP contribution in [0.4, 0.5) is 0 Å². The molecule has 0 aliphatic carbocycles. The topological polar surface area (TPSA) is 25.3 Å². The van der Waals surface area contributed by atoms with Crippen molar-refractivity contribution < 1.29 is 4.70 Å². The van der Waals surface area contributed by atoms with E-state index >= 15 is 0 Å². The van der Waals surface area contributed by atoms with Crippen molar-refractivity contribution >= 4 is 11.4 Å². The van der Waals surface area contributed by atoms with E-state index in [9.17, 15) is 5.53 Å². The van der Waals surface area contributed by atoms with Crippen LogP contribution in [0.3, 0.4) is 0 Å². The van der Waals surface area contributed by atoms with Gasteiger partial charge < -0.3 is 5.53 Å². The smallest absolute Gasteiger partial charge is 0.210 e. The molecule has 0 atom stereocenters. The zero-order valence-electron chi connectivity index (χ0n) is 14.7. The van der Waals surface area contributed by atoms with Crippen LogP contribution >= 0.6 is 0 Å². The fourth-order valence-corrected chi connectivity index (χ4v) is 3.34. The number of hydrogen-bond acceptors (Lipinski definition) is 0. The zero-order valence-corrected chi connectivity index (χ0v) is 14.7. The first-order valence-electron chi connectivity index (χ1n) is 8.68. The highest BCUT2D eigenvalue weighted by Crippen LogP contribution is 2.37. The van der Waals surface area contributed by atoms with Gasteiger partial charge in [0.2, 0.25) is 11.4 Å². The molecular formula is C22H24N2. The second-order valence-corrected chi connectivity index (χ2v) is 6.56. The van der Waals surface area contributed by atoms with Crippen molar-refractivity contribution in [3.63, 3.8) is 0 Å². The van der Waals surface area contributed by atoms with Gasteiger partial charge in [-0.3, -0.25) is 0 Å². The Bertz CT molecular complexity index is 806. The molecule has 24 heavy (non-hydrogen) atoms. The molecular weight excluding hydrogens is 292 g/mol. The largest absolute Gasteiger partial charge is 0.493 e. The highest BCUT2D eigenvalue weighted by atomic mass is 15.2. The maximum atomic E-state index is 10.9. The summed E-state index contributed by atoms with van der Waals surface area (Å²) in [6.45, 7) is 6.40. The number of allylic oxidation sites excluding steroid dienone is 2. The van der Waals surface area contributed by atoms with Crippen molar-refractivity contribution in [3.8, 4) is 0 Å². The summed E-state index contributed by atoms with van der Waals surface area (Å²) in [5, 5.41) is 0. The van der Waals surface area contributed by atoms with Gasteiger partial charge in [0, 0.05) is 22.8 Å². The molecule has 0 radical (unpaired) electrons. The lowest BCUT2D eigenvalue weighted by molar-refractivity contribution is -0.344. The third-order valence-corrected chi connectivity index (χ3v) is 4.42. The molecule has 2 heteroatoms. The Labute approximate surface area is 144 Å². The molecule has 1 aliphatic rings. The zero-order chi connectivity index (χ0) is 17.1. The van der Waals surface area contributed by atoms with E-state index in [1.165, 1.54) is 21.4 Å². The third kappa shape index (κ3) is 3.23. The summed E-state index contributed by atoms with van der Waals surface area (Å²) in [5.74, 6) is 0. The summed E-state index contributed by atoms with van der Waals surface area (Å²) < 4.78 is 1.37. The Morgan fingerprint density at radius 2 is 1.58 bits per heavy atom. The van der Waals surface area contributed by atoms with E-state index in [0.717, 1.165) is 41.8 Å². The molecule has 1 aliphatic heterocycles. The molecule has 0 N–H and O–H groups in total. The molecule has 1 heterocycles. The number of rotatable bonds is 5. The minimum Gasteiger partial charge on any atom is -0.493 e. The van der Waals surface area contributed by atoms with E-state index in [1.54, 1.807) is 0 Å². The number of unbranched alkanes of at least 4 members (excludes halogenated alkanes) is 1. The van der Waals surface area contributed by atoms with E-state index in [4.69, 9.17) is 0 Å². The Morgan fingerprint density at radius 3 is 2.21 bits per heavy atom. The molecule has 0 aromatic heterocycles. The van der Waals surface area contributed by atoms with Gasteiger partial charge in [-0.15, -0.1) is 0 Å². The molecule has 2 aromatic carbocycles. The van der Waals surface area contributed by atoms with Crippen LogP contribution in [0, 0.1) is 13.8 Å². The standard InChI is InChI=1S/C22H24N2/c1-4-5-9-19-15-21(18-10-7-6-8-11-18)24(23)22(19)20-13-16(2)12-17(3)14-20/h6-8,10-15H,4-5,9H2,1-3H3. The first kappa shape index (κ1) is 16.4. The van der Waals surface area contributed by atoms with Crippen LogP contribution < -0.4 is 0 Å². The van der Waals surface area contributed by atoms with E-state index in [0.29, 0.717) is 0 Å². The van der Waals surface area contributed by atoms with E-state index in [-0.39, 0.29) is 0 Å². The van der Waals surface area contributed by atoms with E-state index in [1.807, 2.05) is 30.3 Å². The van der Waals surface area contributed by atoms with Crippen LogP contribution in [0.25, 0.3) is 16.9 Å². The number of nitrogens with zero attached hydrogens (tertiary/aromatic N) is 2. The Balaban J connectivity index is 2.07. The molecule has 0 saturated carbocycles. The number of aryl methyl sites for hydroxylation is 2. The van der Waals surface area contributed by atoms with E-state index < -0.39 is 0 Å². The average molecular weight is 316 g/mol. The maximum Gasteiger partial charge on any atom is 0.210 e. The van der Waals surface area contributed by atoms with Crippen LogP contribution in [0.5, 0.6) is 0 Å². The predicted molar refractivity (Wildman–Crippen MR) is 100 cm³/mol. The molecule has 0 bridgehead atoms. The number of benzene rings is 2. The molecule has 2 nitrogen and oxygen atoms in total. The number of hydrogen-bond donors (Lipinski definition) is 0. The van der Waals surface area contributed by atoms with Gasteiger partial charge in [-0.05, 0) is 51.0 Å². The summed E-state index contributed by atoms with van der Waals surface area (Å²) in [7, 11) is 0. The summed E-state index contributed by atoms with van der Waals surface area (Å²) in [6, 6.07) is 16.6. The first-order valence-corrected chi connectivity index (χ1v) is 8.68. The van der Waals surface area contributed by atoms with Crippen molar-refractivity contribution in [2.75, 3.05) is 0 Å². The van der Waals surface area contributed by atoms with Crippen molar-refractivity contribution in [1.29, 1.82) is 0 Å². The second-order valence-electron chi connectivity index (χ2n) is 6.56. The van der Waals surface area contributed by atoms with Gasteiger partial charge in [-0.1, -0.05) is 48.7 Å². The van der Waals surface area contributed by atoms with Gasteiger partial charge in [0.15, 0.2) is 0 Å². The van der Waals surface area contributed by atoms with Gasteiger partial charge in [0.25, 0.3) is 0 Å². The lowest BCUT2D eigenvalue weighted by Gasteiger charge is -2.11. The van der Waals surface area contributed by atoms with Crippen molar-refractivity contribution in [2.45, 2.75) is 40.0 Å². The van der Waals surface area contributed by atoms with Gasteiger partial charge in [0.1, 0.15) is 0 Å². The summed E-state index contributed by atoms with van der Waals surface area (Å²) in [6.07, 6.45) is 5.38. The Kier molecular flexibility index (Phi) is 4.75. The lowest BCUT2D eigenvalue weighted by atomic mass is 10.00. The van der Waals surface area contributed by atoms with Gasteiger partial charge in [0.05, 0.1) is 0 Å². The molecule has 2 aromatic rings. The van der Waals surface area contributed by atoms with Crippen molar-refractivity contribution in [2.24, 2.45) is 0 Å². The molecule has 3 rings (SSSR count). The molecule has 122 valence electrons. The molecule has 0 amide bonds.